The van der Waals surface area contributed by atoms with Gasteiger partial charge >= 0.3 is 11.9 Å². The van der Waals surface area contributed by atoms with Crippen molar-refractivity contribution in [3.05, 3.63) is 57.6 Å². The van der Waals surface area contributed by atoms with Crippen molar-refractivity contribution in [1.29, 1.82) is 0 Å². The molecule has 2 rings (SSSR count). The Morgan fingerprint density at radius 3 is 2.59 bits per heavy atom. The number of methoxy groups -OCH3 is 1. The lowest BCUT2D eigenvalue weighted by molar-refractivity contribution is -0.139. The Kier molecular flexibility index (Phi) is 6.84. The first-order valence-electron chi connectivity index (χ1n) is 8.13. The predicted molar refractivity (Wildman–Crippen MR) is 99.0 cm³/mol. The molecular formula is C18H20ClN2O6-. The summed E-state index contributed by atoms with van der Waals surface area (Å²) in [5, 5.41) is 23.2. The van der Waals surface area contributed by atoms with Crippen LogP contribution in [0.3, 0.4) is 0 Å². The number of anilines is 1. The molecule has 0 saturated carbocycles. The molecule has 1 heterocycles. The van der Waals surface area contributed by atoms with E-state index in [9.17, 15) is 20.0 Å². The molecule has 0 fully saturated rings. The molecule has 27 heavy (non-hydrogen) atoms. The maximum atomic E-state index is 12.7. The number of ether oxygens (including phenoxy) is 2. The third kappa shape index (κ3) is 4.24. The average molecular weight is 396 g/mol. The summed E-state index contributed by atoms with van der Waals surface area (Å²) in [6, 6.07) is 5.93. The second-order valence-corrected chi connectivity index (χ2v) is 5.97. The summed E-state index contributed by atoms with van der Waals surface area (Å²) in [6.07, 6.45) is 0. The van der Waals surface area contributed by atoms with Gasteiger partial charge in [0.25, 0.3) is 0 Å². The number of alkyl halides is 1. The molecule has 0 saturated heterocycles. The van der Waals surface area contributed by atoms with Crippen molar-refractivity contribution in [1.82, 2.24) is 5.32 Å². The van der Waals surface area contributed by atoms with Crippen molar-refractivity contribution in [2.45, 2.75) is 19.8 Å². The minimum absolute atomic E-state index is 0.0240. The van der Waals surface area contributed by atoms with Crippen LogP contribution in [0.15, 0.2) is 46.8 Å². The van der Waals surface area contributed by atoms with Crippen molar-refractivity contribution < 1.29 is 24.3 Å². The van der Waals surface area contributed by atoms with E-state index in [4.69, 9.17) is 21.1 Å². The van der Waals surface area contributed by atoms with E-state index < -0.39 is 17.9 Å². The van der Waals surface area contributed by atoms with Crippen LogP contribution >= 0.6 is 11.6 Å². The van der Waals surface area contributed by atoms with E-state index in [-0.39, 0.29) is 34.5 Å². The van der Waals surface area contributed by atoms with E-state index in [1.165, 1.54) is 25.3 Å². The topological polar surface area (TPSA) is 111 Å². The van der Waals surface area contributed by atoms with Crippen molar-refractivity contribution in [2.75, 3.05) is 24.8 Å². The summed E-state index contributed by atoms with van der Waals surface area (Å²) in [6.45, 7) is 3.45. The summed E-state index contributed by atoms with van der Waals surface area (Å²) in [5.74, 6) is -2.20. The highest BCUT2D eigenvalue weighted by Gasteiger charge is 2.38. The van der Waals surface area contributed by atoms with Gasteiger partial charge in [-0.25, -0.2) is 9.59 Å². The number of halogens is 1. The Morgan fingerprint density at radius 1 is 1.33 bits per heavy atom. The van der Waals surface area contributed by atoms with Crippen LogP contribution in [0.4, 0.5) is 5.69 Å². The summed E-state index contributed by atoms with van der Waals surface area (Å²) in [5.41, 5.74) is 1.55. The maximum absolute atomic E-state index is 12.7. The summed E-state index contributed by atoms with van der Waals surface area (Å²) in [7, 11) is 1.23. The molecule has 1 atom stereocenters. The minimum atomic E-state index is -0.883. The van der Waals surface area contributed by atoms with E-state index in [1.54, 1.807) is 19.9 Å². The van der Waals surface area contributed by atoms with Gasteiger partial charge in [-0.05, 0) is 31.5 Å². The van der Waals surface area contributed by atoms with Crippen LogP contribution in [0.2, 0.25) is 0 Å². The first-order valence-corrected chi connectivity index (χ1v) is 8.67. The molecule has 0 aliphatic carbocycles. The molecule has 2 N–H and O–H groups in total. The zero-order valence-corrected chi connectivity index (χ0v) is 15.9. The highest BCUT2D eigenvalue weighted by atomic mass is 35.5. The van der Waals surface area contributed by atoms with Crippen molar-refractivity contribution in [2.24, 2.45) is 0 Å². The second-order valence-electron chi connectivity index (χ2n) is 5.70. The first kappa shape index (κ1) is 20.8. The third-order valence-electron chi connectivity index (χ3n) is 4.10. The molecule has 1 aromatic rings. The van der Waals surface area contributed by atoms with Crippen LogP contribution < -0.4 is 10.5 Å². The van der Waals surface area contributed by atoms with Gasteiger partial charge in [-0.3, -0.25) is 5.21 Å². The Hall–Kier alpha value is -2.55. The molecule has 0 aromatic heterocycles. The number of hydrogen-bond acceptors (Lipinski definition) is 8. The van der Waals surface area contributed by atoms with Gasteiger partial charge in [-0.1, -0.05) is 12.1 Å². The lowest BCUT2D eigenvalue weighted by Gasteiger charge is -2.31. The van der Waals surface area contributed by atoms with E-state index in [0.29, 0.717) is 17.0 Å². The largest absolute Gasteiger partial charge is 0.733 e. The fraction of sp³-hybridized carbons (Fsp3) is 0.333. The van der Waals surface area contributed by atoms with Gasteiger partial charge in [0.2, 0.25) is 0 Å². The van der Waals surface area contributed by atoms with Gasteiger partial charge in [0, 0.05) is 11.4 Å². The number of benzene rings is 1. The molecule has 0 spiro atoms. The number of nitrogens with one attached hydrogen (secondary N) is 1. The highest BCUT2D eigenvalue weighted by Crippen LogP contribution is 2.40. The summed E-state index contributed by atoms with van der Waals surface area (Å²) < 4.78 is 10.0. The van der Waals surface area contributed by atoms with Crippen molar-refractivity contribution in [3.63, 3.8) is 0 Å². The first-order chi connectivity index (χ1) is 12.8. The molecule has 146 valence electrons. The maximum Gasteiger partial charge on any atom is 0.336 e. The summed E-state index contributed by atoms with van der Waals surface area (Å²) in [4.78, 5) is 25.1. The van der Waals surface area contributed by atoms with Crippen LogP contribution in [0.25, 0.3) is 0 Å². The van der Waals surface area contributed by atoms with Gasteiger partial charge in [-0.2, -0.15) is 0 Å². The van der Waals surface area contributed by atoms with Gasteiger partial charge in [0.1, 0.15) is 0 Å². The number of hydrogen-bond donors (Lipinski definition) is 2. The monoisotopic (exact) mass is 395 g/mol. The van der Waals surface area contributed by atoms with Crippen molar-refractivity contribution >= 4 is 29.2 Å². The molecule has 1 aliphatic rings. The fourth-order valence-corrected chi connectivity index (χ4v) is 3.20. The van der Waals surface area contributed by atoms with E-state index in [0.717, 1.165) is 0 Å². The van der Waals surface area contributed by atoms with Gasteiger partial charge in [-0.15, -0.1) is 11.6 Å². The highest BCUT2D eigenvalue weighted by molar-refractivity contribution is 6.20. The molecule has 0 radical (unpaired) electrons. The predicted octanol–water partition coefficient (Wildman–Crippen LogP) is 2.57. The number of dihydropyridines is 1. The van der Waals surface area contributed by atoms with Crippen LogP contribution in [0, 0.1) is 5.21 Å². The standard InChI is InChI=1S/C18H20ClN2O6/c1-4-27-18(23)16-13(9-19)20-10(2)14(17(22)26-3)15(16)11-6-5-7-12(8-11)21(24)25/h5-8,15,20,24H,4,9H2,1-3H3/q-1. The number of esters is 2. The molecule has 1 unspecified atom stereocenters. The average Bonchev–Trinajstić information content (AvgIpc) is 2.66. The lowest BCUT2D eigenvalue weighted by Crippen LogP contribution is -2.33. The van der Waals surface area contributed by atoms with Crippen LogP contribution in [-0.4, -0.2) is 36.7 Å². The molecule has 1 aromatic carbocycles. The number of allylic oxidation sites excluding steroid dienone is 2. The molecule has 9 heteroatoms. The van der Waals surface area contributed by atoms with Crippen LogP contribution in [0.1, 0.15) is 25.3 Å². The van der Waals surface area contributed by atoms with E-state index in [2.05, 4.69) is 5.32 Å². The Bertz CT molecular complexity index is 803. The van der Waals surface area contributed by atoms with E-state index in [1.807, 2.05) is 0 Å². The van der Waals surface area contributed by atoms with Crippen LogP contribution in [-0.2, 0) is 19.1 Å². The zero-order chi connectivity index (χ0) is 20.1. The number of nitrogens with zero attached hydrogens (tertiary/aromatic N) is 1. The van der Waals surface area contributed by atoms with Gasteiger partial charge in [0.05, 0.1) is 42.3 Å². The minimum Gasteiger partial charge on any atom is -0.733 e. The quantitative estimate of drug-likeness (QED) is 0.429. The molecule has 8 nitrogen and oxygen atoms in total. The summed E-state index contributed by atoms with van der Waals surface area (Å²) >= 11 is 6.02. The van der Waals surface area contributed by atoms with Gasteiger partial charge < -0.3 is 25.2 Å². The van der Waals surface area contributed by atoms with Crippen molar-refractivity contribution in [3.8, 4) is 0 Å². The van der Waals surface area contributed by atoms with Crippen LogP contribution in [0.5, 0.6) is 0 Å². The smallest absolute Gasteiger partial charge is 0.336 e. The number of carbonyl (C=O) groups is 2. The number of rotatable bonds is 6. The lowest BCUT2D eigenvalue weighted by atomic mass is 9.80. The van der Waals surface area contributed by atoms with E-state index >= 15 is 0 Å². The zero-order valence-electron chi connectivity index (χ0n) is 15.1. The molecule has 1 aliphatic heterocycles. The Labute approximate surface area is 161 Å². The Balaban J connectivity index is 2.73. The molecule has 0 amide bonds. The Morgan fingerprint density at radius 2 is 2.04 bits per heavy atom. The van der Waals surface area contributed by atoms with Gasteiger partial charge in [0.15, 0.2) is 0 Å². The number of carbonyl (C=O) groups excluding carboxylic acids is 2. The normalized spacial score (nSPS) is 16.7. The third-order valence-corrected chi connectivity index (χ3v) is 4.37. The SMILES string of the molecule is CCOC(=O)C1=C(CCl)NC(C)=C(C(=O)OC)C1c1cccc(N([O-])O)c1. The molecular weight excluding hydrogens is 376 g/mol. The second kappa shape index (κ2) is 8.90. The molecule has 0 bridgehead atoms. The fourth-order valence-electron chi connectivity index (χ4n) is 2.99.